The molecule has 4 N–H and O–H groups in total. The second-order valence-corrected chi connectivity index (χ2v) is 4.72. The molecule has 1 rings (SSSR count). The molecule has 0 aromatic rings. The molecule has 98 valence electrons. The summed E-state index contributed by atoms with van der Waals surface area (Å²) in [5.41, 5.74) is 5.68. The number of nitrogens with one attached hydrogen (secondary N) is 1. The van der Waals surface area contributed by atoms with Crippen molar-refractivity contribution in [1.82, 2.24) is 5.32 Å². The molecular formula is C12H23N3O2. The van der Waals surface area contributed by atoms with Crippen molar-refractivity contribution in [1.29, 1.82) is 0 Å². The lowest BCUT2D eigenvalue weighted by molar-refractivity contribution is -0.121. The zero-order valence-corrected chi connectivity index (χ0v) is 10.5. The number of hydrogen-bond acceptors (Lipinski definition) is 3. The maximum Gasteiger partial charge on any atom is 0.220 e. The summed E-state index contributed by atoms with van der Waals surface area (Å²) >= 11 is 0. The van der Waals surface area contributed by atoms with Gasteiger partial charge in [0, 0.05) is 6.42 Å². The molecule has 0 bridgehead atoms. The van der Waals surface area contributed by atoms with Crippen LogP contribution in [0.25, 0.3) is 0 Å². The molecule has 1 aliphatic carbocycles. The van der Waals surface area contributed by atoms with Gasteiger partial charge in [0.2, 0.25) is 5.91 Å². The Balaban J connectivity index is 2.62. The zero-order chi connectivity index (χ0) is 12.7. The first-order valence-electron chi connectivity index (χ1n) is 6.45. The fraction of sp³-hybridized carbons (Fsp3) is 0.833. The van der Waals surface area contributed by atoms with Gasteiger partial charge in [-0.25, -0.2) is 0 Å². The Kier molecular flexibility index (Phi) is 5.80. The van der Waals surface area contributed by atoms with Crippen LogP contribution in [0.3, 0.4) is 0 Å². The van der Waals surface area contributed by atoms with Crippen LogP contribution in [0.2, 0.25) is 0 Å². The van der Waals surface area contributed by atoms with E-state index in [0.29, 0.717) is 12.3 Å². The van der Waals surface area contributed by atoms with Gasteiger partial charge in [-0.15, -0.1) is 0 Å². The number of nitrogens with zero attached hydrogens (tertiary/aromatic N) is 1. The Morgan fingerprint density at radius 2 is 2.12 bits per heavy atom. The third-order valence-electron chi connectivity index (χ3n) is 3.35. The highest BCUT2D eigenvalue weighted by molar-refractivity contribution is 5.90. The molecule has 0 aromatic carbocycles. The molecule has 0 spiro atoms. The van der Waals surface area contributed by atoms with E-state index in [-0.39, 0.29) is 17.8 Å². The summed E-state index contributed by atoms with van der Waals surface area (Å²) < 4.78 is 0. The van der Waals surface area contributed by atoms with E-state index in [1.54, 1.807) is 0 Å². The van der Waals surface area contributed by atoms with Crippen LogP contribution in [0.4, 0.5) is 0 Å². The first-order chi connectivity index (χ1) is 8.19. The van der Waals surface area contributed by atoms with Crippen molar-refractivity contribution in [3.63, 3.8) is 0 Å². The van der Waals surface area contributed by atoms with Gasteiger partial charge in [0.15, 0.2) is 5.84 Å². The fourth-order valence-corrected chi connectivity index (χ4v) is 2.44. The van der Waals surface area contributed by atoms with Gasteiger partial charge in [0.1, 0.15) is 0 Å². The Morgan fingerprint density at radius 3 is 2.65 bits per heavy atom. The Labute approximate surface area is 102 Å². The molecule has 0 heterocycles. The Bertz CT molecular complexity index is 273. The highest BCUT2D eigenvalue weighted by Crippen LogP contribution is 2.26. The number of amides is 1. The number of amidine groups is 1. The molecule has 1 aliphatic rings. The van der Waals surface area contributed by atoms with Gasteiger partial charge in [-0.2, -0.15) is 0 Å². The molecule has 1 saturated carbocycles. The summed E-state index contributed by atoms with van der Waals surface area (Å²) in [6.45, 7) is 1.96. The van der Waals surface area contributed by atoms with Crippen molar-refractivity contribution in [3.8, 4) is 0 Å². The van der Waals surface area contributed by atoms with Crippen LogP contribution >= 0.6 is 0 Å². The number of carbonyl (C=O) groups excluding carboxylic acids is 1. The summed E-state index contributed by atoms with van der Waals surface area (Å²) in [5, 5.41) is 14.7. The van der Waals surface area contributed by atoms with E-state index in [4.69, 9.17) is 10.9 Å². The smallest absolute Gasteiger partial charge is 0.220 e. The summed E-state index contributed by atoms with van der Waals surface area (Å²) in [7, 11) is 0. The molecule has 5 nitrogen and oxygen atoms in total. The van der Waals surface area contributed by atoms with E-state index in [1.807, 2.05) is 6.92 Å². The predicted molar refractivity (Wildman–Crippen MR) is 66.8 cm³/mol. The first kappa shape index (κ1) is 13.8. The van der Waals surface area contributed by atoms with Gasteiger partial charge >= 0.3 is 0 Å². The van der Waals surface area contributed by atoms with Gasteiger partial charge in [-0.05, 0) is 25.2 Å². The molecule has 0 saturated heterocycles. The normalized spacial score (nSPS) is 19.9. The first-order valence-corrected chi connectivity index (χ1v) is 6.45. The predicted octanol–water partition coefficient (Wildman–Crippen LogP) is 1.60. The van der Waals surface area contributed by atoms with Crippen molar-refractivity contribution in [3.05, 3.63) is 0 Å². The van der Waals surface area contributed by atoms with Crippen molar-refractivity contribution in [2.75, 3.05) is 0 Å². The maximum atomic E-state index is 11.6. The lowest BCUT2D eigenvalue weighted by atomic mass is 9.83. The number of carbonyl (C=O) groups is 1. The van der Waals surface area contributed by atoms with Crippen LogP contribution in [0, 0.1) is 5.92 Å². The zero-order valence-electron chi connectivity index (χ0n) is 10.5. The van der Waals surface area contributed by atoms with Crippen molar-refractivity contribution in [2.24, 2.45) is 16.8 Å². The largest absolute Gasteiger partial charge is 0.409 e. The monoisotopic (exact) mass is 241 g/mol. The summed E-state index contributed by atoms with van der Waals surface area (Å²) in [5.74, 6) is 0.413. The minimum atomic E-state index is -0.306. The average Bonchev–Trinajstić information content (AvgIpc) is 2.36. The molecule has 1 unspecified atom stereocenters. The van der Waals surface area contributed by atoms with Crippen LogP contribution in [0.1, 0.15) is 51.9 Å². The van der Waals surface area contributed by atoms with Gasteiger partial charge in [-0.3, -0.25) is 4.79 Å². The molecule has 1 amide bonds. The van der Waals surface area contributed by atoms with Crippen molar-refractivity contribution < 1.29 is 10.0 Å². The lowest BCUT2D eigenvalue weighted by Gasteiger charge is -2.29. The summed E-state index contributed by atoms with van der Waals surface area (Å²) in [4.78, 5) is 11.6. The quantitative estimate of drug-likeness (QED) is 0.296. The van der Waals surface area contributed by atoms with Crippen LogP contribution in [0.15, 0.2) is 5.16 Å². The molecule has 0 aliphatic heterocycles. The summed E-state index contributed by atoms with van der Waals surface area (Å²) in [6, 6.07) is -0.306. The topological polar surface area (TPSA) is 87.7 Å². The minimum Gasteiger partial charge on any atom is -0.409 e. The molecule has 0 aromatic heterocycles. The molecule has 1 fully saturated rings. The van der Waals surface area contributed by atoms with Crippen molar-refractivity contribution >= 4 is 11.7 Å². The summed E-state index contributed by atoms with van der Waals surface area (Å²) in [6.07, 6.45) is 6.91. The molecular weight excluding hydrogens is 218 g/mol. The van der Waals surface area contributed by atoms with Gasteiger partial charge in [-0.1, -0.05) is 31.3 Å². The van der Waals surface area contributed by atoms with E-state index in [2.05, 4.69) is 10.5 Å². The highest BCUT2D eigenvalue weighted by Gasteiger charge is 2.28. The van der Waals surface area contributed by atoms with Crippen LogP contribution in [-0.2, 0) is 4.79 Å². The van der Waals surface area contributed by atoms with Crippen LogP contribution < -0.4 is 11.1 Å². The van der Waals surface area contributed by atoms with E-state index < -0.39 is 0 Å². The van der Waals surface area contributed by atoms with E-state index >= 15 is 0 Å². The molecule has 1 atom stereocenters. The SMILES string of the molecule is CCCC(=O)NC(/C(N)=N/O)C1CCCCC1. The highest BCUT2D eigenvalue weighted by atomic mass is 16.4. The number of nitrogens with two attached hydrogens (primary N) is 1. The number of oxime groups is 1. The van der Waals surface area contributed by atoms with Gasteiger partial charge < -0.3 is 16.3 Å². The standard InChI is InChI=1S/C12H23N3O2/c1-2-6-10(16)14-11(12(13)15-17)9-7-4-3-5-8-9/h9,11,17H,2-8H2,1H3,(H2,13,15)(H,14,16). The van der Waals surface area contributed by atoms with Crippen molar-refractivity contribution in [2.45, 2.75) is 57.9 Å². The second-order valence-electron chi connectivity index (χ2n) is 4.72. The number of hydrogen-bond donors (Lipinski definition) is 3. The Morgan fingerprint density at radius 1 is 1.47 bits per heavy atom. The van der Waals surface area contributed by atoms with E-state index in [1.165, 1.54) is 6.42 Å². The third kappa shape index (κ3) is 4.24. The second kappa shape index (κ2) is 7.14. The minimum absolute atomic E-state index is 0.0188. The molecule has 5 heteroatoms. The van der Waals surface area contributed by atoms with Gasteiger partial charge in [0.05, 0.1) is 6.04 Å². The fourth-order valence-electron chi connectivity index (χ4n) is 2.44. The lowest BCUT2D eigenvalue weighted by Crippen LogP contribution is -2.49. The van der Waals surface area contributed by atoms with E-state index in [0.717, 1.165) is 32.1 Å². The Hall–Kier alpha value is -1.26. The molecule has 0 radical (unpaired) electrons. The van der Waals surface area contributed by atoms with Crippen LogP contribution in [0.5, 0.6) is 0 Å². The maximum absolute atomic E-state index is 11.6. The number of rotatable bonds is 5. The van der Waals surface area contributed by atoms with Crippen LogP contribution in [-0.4, -0.2) is 23.0 Å². The third-order valence-corrected chi connectivity index (χ3v) is 3.35. The van der Waals surface area contributed by atoms with E-state index in [9.17, 15) is 4.79 Å². The van der Waals surface area contributed by atoms with Gasteiger partial charge in [0.25, 0.3) is 0 Å². The average molecular weight is 241 g/mol. The molecule has 17 heavy (non-hydrogen) atoms.